The molecule has 2 atom stereocenters. The van der Waals surface area contributed by atoms with E-state index in [1.807, 2.05) is 0 Å². The van der Waals surface area contributed by atoms with Gasteiger partial charge in [0.1, 0.15) is 0 Å². The minimum Gasteiger partial charge on any atom is -0.394 e. The quantitative estimate of drug-likeness (QED) is 0.183. The molecule has 0 bridgehead atoms. The Morgan fingerprint density at radius 3 is 1.41 bits per heavy atom. The highest BCUT2D eigenvalue weighted by molar-refractivity contribution is 14.1. The minimum atomic E-state index is -1.20. The van der Waals surface area contributed by atoms with E-state index in [1.54, 1.807) is 67.8 Å². The summed E-state index contributed by atoms with van der Waals surface area (Å²) in [6.45, 7) is 0.651. The summed E-state index contributed by atoms with van der Waals surface area (Å²) in [6, 6.07) is 0. The van der Waals surface area contributed by atoms with Crippen LogP contribution in [0.25, 0.3) is 0 Å². The van der Waals surface area contributed by atoms with E-state index in [0.717, 1.165) is 4.90 Å². The van der Waals surface area contributed by atoms with Gasteiger partial charge in [0.25, 0.3) is 11.8 Å². The molecular weight excluding hydrogens is 767 g/mol. The van der Waals surface area contributed by atoms with Gasteiger partial charge < -0.3 is 31.1 Å². The smallest absolute Gasteiger partial charge is 0.253 e. The van der Waals surface area contributed by atoms with Gasteiger partial charge in [0.05, 0.1) is 49.4 Å². The topological polar surface area (TPSA) is 176 Å². The van der Waals surface area contributed by atoms with Crippen molar-refractivity contribution in [1.29, 1.82) is 0 Å². The lowest BCUT2D eigenvalue weighted by atomic mass is 10.1. The maximum absolute atomic E-state index is 12.9. The molecule has 0 aromatic heterocycles. The predicted molar refractivity (Wildman–Crippen MR) is 139 cm³/mol. The van der Waals surface area contributed by atoms with E-state index in [9.17, 15) is 29.4 Å². The monoisotopic (exact) mass is 789 g/mol. The first-order valence-electron chi connectivity index (χ1n) is 9.04. The van der Waals surface area contributed by atoms with E-state index in [2.05, 4.69) is 10.6 Å². The molecule has 0 saturated heterocycles. The highest BCUT2D eigenvalue weighted by atomic mass is 127. The van der Waals surface area contributed by atoms with Crippen LogP contribution in [0.5, 0.6) is 0 Å². The van der Waals surface area contributed by atoms with Gasteiger partial charge in [-0.15, -0.1) is 0 Å². The number of benzene rings is 1. The van der Waals surface area contributed by atoms with Crippen molar-refractivity contribution in [1.82, 2.24) is 10.6 Å². The third-order valence-corrected chi connectivity index (χ3v) is 7.20. The number of nitrogens with one attached hydrogen (secondary N) is 2. The molecule has 11 nitrogen and oxygen atoms in total. The molecule has 0 fully saturated rings. The average molecular weight is 789 g/mol. The summed E-state index contributed by atoms with van der Waals surface area (Å²) in [5.41, 5.74) is 0.0338. The van der Waals surface area contributed by atoms with Crippen LogP contribution in [-0.2, 0) is 9.59 Å². The SMILES string of the molecule is CC(=O)N(C(C)=O)c1c(I)c(C(=O)NCC(O)CO)c(I)c(C(=O)NCC(O)CO)c1I. The van der Waals surface area contributed by atoms with Gasteiger partial charge in [-0.25, -0.2) is 4.90 Å². The highest BCUT2D eigenvalue weighted by Gasteiger charge is 2.32. The Labute approximate surface area is 224 Å². The largest absolute Gasteiger partial charge is 0.394 e. The first-order chi connectivity index (χ1) is 14.9. The Kier molecular flexibility index (Phi) is 12.2. The first kappa shape index (κ1) is 29.4. The average Bonchev–Trinajstić information content (AvgIpc) is 2.72. The van der Waals surface area contributed by atoms with Gasteiger partial charge in [-0.2, -0.15) is 0 Å². The maximum atomic E-state index is 12.9. The molecule has 0 heterocycles. The predicted octanol–water partition coefficient (Wildman–Crippen LogP) is -0.434. The van der Waals surface area contributed by atoms with Crippen LogP contribution in [0.15, 0.2) is 0 Å². The lowest BCUT2D eigenvalue weighted by Crippen LogP contribution is -2.39. The third-order valence-electron chi connectivity index (χ3n) is 4.02. The molecule has 32 heavy (non-hydrogen) atoms. The zero-order chi connectivity index (χ0) is 24.7. The molecule has 0 aliphatic rings. The van der Waals surface area contributed by atoms with Gasteiger partial charge in [0, 0.05) is 30.5 Å². The Hall–Kier alpha value is -0.670. The molecule has 1 rings (SSSR count). The van der Waals surface area contributed by atoms with Crippen molar-refractivity contribution < 1.29 is 39.6 Å². The van der Waals surface area contributed by atoms with Crippen molar-refractivity contribution in [3.63, 3.8) is 0 Å². The molecule has 4 amide bonds. The maximum Gasteiger partial charge on any atom is 0.253 e. The number of carbonyl (C=O) groups excluding carboxylic acids is 4. The van der Waals surface area contributed by atoms with E-state index in [0.29, 0.717) is 0 Å². The number of aliphatic hydroxyl groups is 4. The second-order valence-corrected chi connectivity index (χ2v) is 9.74. The summed E-state index contributed by atoms with van der Waals surface area (Å²) in [4.78, 5) is 51.1. The number of amides is 4. The van der Waals surface area contributed by atoms with E-state index in [4.69, 9.17) is 10.2 Å². The second kappa shape index (κ2) is 13.3. The van der Waals surface area contributed by atoms with Gasteiger partial charge >= 0.3 is 0 Å². The number of carbonyl (C=O) groups is 4. The molecule has 0 aliphatic carbocycles. The van der Waals surface area contributed by atoms with Crippen molar-refractivity contribution in [2.45, 2.75) is 26.1 Å². The number of halogens is 3. The highest BCUT2D eigenvalue weighted by Crippen LogP contribution is 2.38. The zero-order valence-corrected chi connectivity index (χ0v) is 23.5. The number of rotatable bonds is 9. The Balaban J connectivity index is 3.73. The molecule has 178 valence electrons. The fraction of sp³-hybridized carbons (Fsp3) is 0.444. The Morgan fingerprint density at radius 2 is 1.12 bits per heavy atom. The van der Waals surface area contributed by atoms with Crippen LogP contribution in [0.4, 0.5) is 5.69 Å². The molecule has 0 spiro atoms. The van der Waals surface area contributed by atoms with Crippen molar-refractivity contribution in [2.75, 3.05) is 31.2 Å². The van der Waals surface area contributed by atoms with Crippen molar-refractivity contribution in [3.05, 3.63) is 21.8 Å². The van der Waals surface area contributed by atoms with E-state index in [1.165, 1.54) is 13.8 Å². The van der Waals surface area contributed by atoms with Gasteiger partial charge in [-0.3, -0.25) is 19.2 Å². The summed E-state index contributed by atoms with van der Waals surface area (Å²) in [6.07, 6.45) is -2.41. The number of nitrogens with zero attached hydrogens (tertiary/aromatic N) is 1. The summed E-state index contributed by atoms with van der Waals surface area (Å²) < 4.78 is 0.661. The Bertz CT molecular complexity index is 845. The van der Waals surface area contributed by atoms with Gasteiger partial charge in [0.15, 0.2) is 0 Å². The molecular formula is C18H22I3N3O8. The van der Waals surface area contributed by atoms with Gasteiger partial charge in [-0.05, 0) is 67.8 Å². The van der Waals surface area contributed by atoms with E-state index in [-0.39, 0.29) is 40.6 Å². The van der Waals surface area contributed by atoms with E-state index < -0.39 is 49.1 Å². The summed E-state index contributed by atoms with van der Waals surface area (Å²) in [5.74, 6) is -2.64. The van der Waals surface area contributed by atoms with E-state index >= 15 is 0 Å². The lowest BCUT2D eigenvalue weighted by molar-refractivity contribution is -0.124. The van der Waals surface area contributed by atoms with Crippen LogP contribution in [0.2, 0.25) is 0 Å². The first-order valence-corrected chi connectivity index (χ1v) is 12.3. The number of anilines is 1. The minimum absolute atomic E-state index is 0.00730. The van der Waals surface area contributed by atoms with Crippen LogP contribution >= 0.6 is 67.8 Å². The fourth-order valence-electron chi connectivity index (χ4n) is 2.51. The molecule has 0 radical (unpaired) electrons. The van der Waals surface area contributed by atoms with Gasteiger partial charge in [0.2, 0.25) is 11.8 Å². The lowest BCUT2D eigenvalue weighted by Gasteiger charge is -2.25. The summed E-state index contributed by atoms with van der Waals surface area (Å²) >= 11 is 5.39. The molecule has 0 aliphatic heterocycles. The van der Waals surface area contributed by atoms with Gasteiger partial charge in [-0.1, -0.05) is 0 Å². The van der Waals surface area contributed by atoms with Crippen molar-refractivity contribution in [2.24, 2.45) is 0 Å². The molecule has 0 saturated carbocycles. The van der Waals surface area contributed by atoms with Crippen LogP contribution in [-0.4, -0.2) is 82.6 Å². The number of hydrogen-bond acceptors (Lipinski definition) is 8. The van der Waals surface area contributed by atoms with Crippen molar-refractivity contribution >= 4 is 97.1 Å². The van der Waals surface area contributed by atoms with Crippen LogP contribution in [0.1, 0.15) is 34.6 Å². The molecule has 14 heteroatoms. The molecule has 2 unspecified atom stereocenters. The zero-order valence-electron chi connectivity index (χ0n) is 17.0. The summed E-state index contributed by atoms with van der Waals surface area (Å²) in [7, 11) is 0. The Morgan fingerprint density at radius 1 is 0.781 bits per heavy atom. The molecule has 6 N–H and O–H groups in total. The number of aliphatic hydroxyl groups excluding tert-OH is 4. The normalized spacial score (nSPS) is 12.7. The molecule has 1 aromatic carbocycles. The molecule has 1 aromatic rings. The number of imide groups is 1. The fourth-order valence-corrected chi connectivity index (χ4v) is 7.14. The second-order valence-electron chi connectivity index (χ2n) is 6.51. The number of hydrogen-bond donors (Lipinski definition) is 6. The van der Waals surface area contributed by atoms with Crippen LogP contribution in [0, 0.1) is 10.7 Å². The standard InChI is InChI=1S/C18H22I3N3O8/c1-7(27)24(8(2)28)16-14(20)11(17(31)22-3-9(29)5-25)13(19)12(15(16)21)18(32)23-4-10(30)6-26/h9-10,25-26,29-30H,3-6H2,1-2H3,(H,22,31)(H,23,32). The van der Waals surface area contributed by atoms with Crippen molar-refractivity contribution in [3.8, 4) is 0 Å². The van der Waals surface area contributed by atoms with Crippen LogP contribution in [0.3, 0.4) is 0 Å². The summed E-state index contributed by atoms with van der Waals surface area (Å²) in [5, 5.41) is 41.9. The third kappa shape index (κ3) is 7.16. The van der Waals surface area contributed by atoms with Crippen LogP contribution < -0.4 is 15.5 Å².